The van der Waals surface area contributed by atoms with E-state index < -0.39 is 0 Å². The summed E-state index contributed by atoms with van der Waals surface area (Å²) in [5.41, 5.74) is 0.308. The summed E-state index contributed by atoms with van der Waals surface area (Å²) >= 11 is 0. The summed E-state index contributed by atoms with van der Waals surface area (Å²) in [5.74, 6) is 0. The van der Waals surface area contributed by atoms with Gasteiger partial charge in [0, 0.05) is 23.0 Å². The molecule has 1 aliphatic rings. The van der Waals surface area contributed by atoms with Crippen LogP contribution in [0, 0.1) is 4.91 Å². The van der Waals surface area contributed by atoms with Gasteiger partial charge in [0.15, 0.2) is 0 Å². The third-order valence-electron chi connectivity index (χ3n) is 2.99. The Morgan fingerprint density at radius 2 is 2.00 bits per heavy atom. The van der Waals surface area contributed by atoms with Crippen LogP contribution in [0.5, 0.6) is 0 Å². The van der Waals surface area contributed by atoms with Crippen LogP contribution in [0.15, 0.2) is 40.4 Å². The zero-order valence-electron chi connectivity index (χ0n) is 8.59. The highest BCUT2D eigenvalue weighted by Gasteiger charge is 2.24. The van der Waals surface area contributed by atoms with E-state index in [1.165, 1.54) is 0 Å². The predicted molar refractivity (Wildman–Crippen MR) is 61.9 cm³/mol. The van der Waals surface area contributed by atoms with Crippen LogP contribution in [0.25, 0.3) is 10.8 Å². The van der Waals surface area contributed by atoms with Gasteiger partial charge in [-0.1, -0.05) is 6.07 Å². The lowest BCUT2D eigenvalue weighted by atomic mass is 10.1. The maximum Gasteiger partial charge on any atom is 0.258 e. The zero-order valence-corrected chi connectivity index (χ0v) is 8.59. The molecule has 0 bridgehead atoms. The molecule has 0 N–H and O–H groups in total. The number of hydrogen-bond donors (Lipinski definition) is 0. The fourth-order valence-corrected chi connectivity index (χ4v) is 2.00. The van der Waals surface area contributed by atoms with Crippen LogP contribution in [-0.4, -0.2) is 4.57 Å². The van der Waals surface area contributed by atoms with E-state index in [4.69, 9.17) is 0 Å². The van der Waals surface area contributed by atoms with Crippen molar-refractivity contribution in [1.82, 2.24) is 4.57 Å². The van der Waals surface area contributed by atoms with Crippen molar-refractivity contribution < 1.29 is 0 Å². The molecule has 1 aromatic carbocycles. The quantitative estimate of drug-likeness (QED) is 0.721. The smallest absolute Gasteiger partial charge is 0.258 e. The van der Waals surface area contributed by atoms with Crippen molar-refractivity contribution >= 4 is 16.5 Å². The minimum atomic E-state index is -0.0227. The first-order chi connectivity index (χ1) is 7.81. The van der Waals surface area contributed by atoms with Crippen LogP contribution in [0.2, 0.25) is 0 Å². The first kappa shape index (κ1) is 9.27. The Morgan fingerprint density at radius 1 is 1.19 bits per heavy atom. The molecule has 0 atom stereocenters. The molecule has 4 heteroatoms. The van der Waals surface area contributed by atoms with Gasteiger partial charge in [0.1, 0.15) is 5.69 Å². The maximum atomic E-state index is 12.1. The van der Waals surface area contributed by atoms with E-state index >= 15 is 0 Å². The third-order valence-corrected chi connectivity index (χ3v) is 2.99. The molecular formula is C12H10N2O2. The second-order valence-electron chi connectivity index (χ2n) is 4.09. The summed E-state index contributed by atoms with van der Waals surface area (Å²) in [6.07, 6.45) is 3.89. The van der Waals surface area contributed by atoms with Crippen molar-refractivity contribution in [1.29, 1.82) is 0 Å². The summed E-state index contributed by atoms with van der Waals surface area (Å²) in [6, 6.07) is 7.20. The molecule has 0 amide bonds. The van der Waals surface area contributed by atoms with E-state index in [0.29, 0.717) is 22.5 Å². The van der Waals surface area contributed by atoms with E-state index in [0.717, 1.165) is 12.8 Å². The van der Waals surface area contributed by atoms with Crippen molar-refractivity contribution in [2.75, 3.05) is 0 Å². The lowest BCUT2D eigenvalue weighted by molar-refractivity contribution is 0.714. The maximum absolute atomic E-state index is 12.1. The highest BCUT2D eigenvalue weighted by molar-refractivity contribution is 5.91. The first-order valence-corrected chi connectivity index (χ1v) is 5.28. The Balaban J connectivity index is 2.36. The van der Waals surface area contributed by atoms with Gasteiger partial charge in [-0.15, -0.1) is 4.91 Å². The first-order valence-electron chi connectivity index (χ1n) is 5.28. The van der Waals surface area contributed by atoms with Crippen LogP contribution in [0.4, 0.5) is 5.69 Å². The van der Waals surface area contributed by atoms with E-state index in [2.05, 4.69) is 5.18 Å². The summed E-state index contributed by atoms with van der Waals surface area (Å²) < 4.78 is 1.75. The second kappa shape index (κ2) is 3.27. The van der Waals surface area contributed by atoms with Crippen LogP contribution in [0.1, 0.15) is 18.9 Å². The monoisotopic (exact) mass is 214 g/mol. The van der Waals surface area contributed by atoms with Crippen molar-refractivity contribution in [3.8, 4) is 0 Å². The SMILES string of the molecule is O=Nc1cccc2c(=O)n(C3CC3)ccc12. The van der Waals surface area contributed by atoms with Gasteiger partial charge in [-0.3, -0.25) is 4.79 Å². The minimum Gasteiger partial charge on any atom is -0.312 e. The number of rotatable bonds is 2. The van der Waals surface area contributed by atoms with Gasteiger partial charge < -0.3 is 4.57 Å². The fraction of sp³-hybridized carbons (Fsp3) is 0.250. The van der Waals surface area contributed by atoms with Crippen LogP contribution < -0.4 is 5.56 Å². The number of hydrogen-bond acceptors (Lipinski definition) is 3. The molecule has 0 radical (unpaired) electrons. The number of nitrogens with zero attached hydrogens (tertiary/aromatic N) is 2. The van der Waals surface area contributed by atoms with E-state index in [-0.39, 0.29) is 5.56 Å². The van der Waals surface area contributed by atoms with E-state index in [9.17, 15) is 9.70 Å². The Kier molecular flexibility index (Phi) is 1.89. The number of benzene rings is 1. The van der Waals surface area contributed by atoms with Gasteiger partial charge in [0.05, 0.1) is 0 Å². The molecule has 1 aliphatic carbocycles. The largest absolute Gasteiger partial charge is 0.312 e. The van der Waals surface area contributed by atoms with Crippen LogP contribution in [-0.2, 0) is 0 Å². The topological polar surface area (TPSA) is 51.4 Å². The van der Waals surface area contributed by atoms with Crippen LogP contribution in [0.3, 0.4) is 0 Å². The second-order valence-corrected chi connectivity index (χ2v) is 4.09. The molecule has 1 aromatic heterocycles. The Morgan fingerprint density at radius 3 is 2.69 bits per heavy atom. The average Bonchev–Trinajstić information content (AvgIpc) is 3.13. The highest BCUT2D eigenvalue weighted by atomic mass is 16.3. The molecule has 1 saturated carbocycles. The summed E-state index contributed by atoms with van der Waals surface area (Å²) in [7, 11) is 0. The van der Waals surface area contributed by atoms with Gasteiger partial charge in [0.25, 0.3) is 5.56 Å². The summed E-state index contributed by atoms with van der Waals surface area (Å²) in [4.78, 5) is 22.7. The third kappa shape index (κ3) is 1.26. The molecule has 0 aliphatic heterocycles. The number of fused-ring (bicyclic) bond motifs is 1. The number of nitroso groups, excluding NO2 is 1. The van der Waals surface area contributed by atoms with Gasteiger partial charge in [-0.25, -0.2) is 0 Å². The molecule has 1 fully saturated rings. The molecule has 0 unspecified atom stereocenters. The molecule has 0 saturated heterocycles. The fourth-order valence-electron chi connectivity index (χ4n) is 2.00. The Hall–Kier alpha value is -1.97. The molecule has 80 valence electrons. The standard InChI is InChI=1S/C12H10N2O2/c15-12-10-2-1-3-11(13-16)9(10)6-7-14(12)8-4-5-8/h1-3,6-8H,4-5H2. The predicted octanol–water partition coefficient (Wildman–Crippen LogP) is 2.73. The van der Waals surface area contributed by atoms with Crippen molar-refractivity contribution in [3.63, 3.8) is 0 Å². The van der Waals surface area contributed by atoms with Crippen molar-refractivity contribution in [2.24, 2.45) is 5.18 Å². The molecular weight excluding hydrogens is 204 g/mol. The highest BCUT2D eigenvalue weighted by Crippen LogP contribution is 2.34. The molecule has 1 heterocycles. The summed E-state index contributed by atoms with van der Waals surface area (Å²) in [5, 5.41) is 4.15. The normalized spacial score (nSPS) is 15.2. The van der Waals surface area contributed by atoms with Gasteiger partial charge >= 0.3 is 0 Å². The zero-order chi connectivity index (χ0) is 11.1. The van der Waals surface area contributed by atoms with Crippen molar-refractivity contribution in [3.05, 3.63) is 45.7 Å². The minimum absolute atomic E-state index is 0.0227. The van der Waals surface area contributed by atoms with Crippen LogP contribution >= 0.6 is 0 Å². The van der Waals surface area contributed by atoms with E-state index in [1.807, 2.05) is 0 Å². The average molecular weight is 214 g/mol. The number of aromatic nitrogens is 1. The van der Waals surface area contributed by atoms with Gasteiger partial charge in [-0.05, 0) is 36.2 Å². The van der Waals surface area contributed by atoms with Gasteiger partial charge in [-0.2, -0.15) is 0 Å². The summed E-state index contributed by atoms with van der Waals surface area (Å²) in [6.45, 7) is 0. The number of pyridine rings is 1. The van der Waals surface area contributed by atoms with Gasteiger partial charge in [0.2, 0.25) is 0 Å². The lowest BCUT2D eigenvalue weighted by Gasteiger charge is -2.05. The Labute approximate surface area is 91.5 Å². The van der Waals surface area contributed by atoms with Crippen molar-refractivity contribution in [2.45, 2.75) is 18.9 Å². The molecule has 0 spiro atoms. The molecule has 4 nitrogen and oxygen atoms in total. The Bertz CT molecular complexity index is 626. The van der Waals surface area contributed by atoms with E-state index in [1.54, 1.807) is 35.0 Å². The molecule has 2 aromatic rings. The lowest BCUT2D eigenvalue weighted by Crippen LogP contribution is -2.18. The molecule has 3 rings (SSSR count). The molecule has 16 heavy (non-hydrogen) atoms.